The number of halogens is 1. The Labute approximate surface area is 143 Å². The van der Waals surface area contributed by atoms with Crippen molar-refractivity contribution in [1.29, 1.82) is 0 Å². The summed E-state index contributed by atoms with van der Waals surface area (Å²) < 4.78 is 18.2. The highest BCUT2D eigenvalue weighted by Crippen LogP contribution is 2.24. The quantitative estimate of drug-likeness (QED) is 0.786. The van der Waals surface area contributed by atoms with E-state index < -0.39 is 17.9 Å². The number of carbonyl (C=O) groups excluding carboxylic acids is 2. The number of aromatic nitrogens is 1. The van der Waals surface area contributed by atoms with Crippen LogP contribution in [0.4, 0.5) is 14.9 Å². The molecule has 0 unspecified atom stereocenters. The zero-order valence-corrected chi connectivity index (χ0v) is 13.5. The number of nitrogens with one attached hydrogen (secondary N) is 3. The molecule has 0 spiro atoms. The fraction of sp³-hybridized carbons (Fsp3) is 0.235. The van der Waals surface area contributed by atoms with E-state index in [1.807, 2.05) is 0 Å². The molecule has 130 valence electrons. The van der Waals surface area contributed by atoms with Gasteiger partial charge >= 0.3 is 6.03 Å². The van der Waals surface area contributed by atoms with Gasteiger partial charge in [-0.2, -0.15) is 0 Å². The molecule has 3 rings (SSSR count). The molecule has 25 heavy (non-hydrogen) atoms. The lowest BCUT2D eigenvalue weighted by molar-refractivity contribution is -0.120. The van der Waals surface area contributed by atoms with E-state index in [0.29, 0.717) is 18.1 Å². The molecule has 7 nitrogen and oxygen atoms in total. The van der Waals surface area contributed by atoms with Gasteiger partial charge in [-0.1, -0.05) is 12.1 Å². The average Bonchev–Trinajstić information content (AvgIpc) is 2.95. The third kappa shape index (κ3) is 3.85. The summed E-state index contributed by atoms with van der Waals surface area (Å²) in [4.78, 5) is 28.3. The Morgan fingerprint density at radius 3 is 2.88 bits per heavy atom. The first-order valence-electron chi connectivity index (χ1n) is 7.67. The Kier molecular flexibility index (Phi) is 4.78. The Balaban J connectivity index is 1.70. The van der Waals surface area contributed by atoms with Gasteiger partial charge in [0.25, 0.3) is 0 Å². The van der Waals surface area contributed by atoms with Gasteiger partial charge in [-0.15, -0.1) is 0 Å². The van der Waals surface area contributed by atoms with Gasteiger partial charge in [-0.3, -0.25) is 4.79 Å². The highest BCUT2D eigenvalue weighted by atomic mass is 19.1. The molecule has 1 aliphatic rings. The molecule has 1 saturated heterocycles. The van der Waals surface area contributed by atoms with Crippen molar-refractivity contribution >= 4 is 17.6 Å². The minimum atomic E-state index is -0.747. The Bertz CT molecular complexity index is 782. The number of hydrogen-bond donors (Lipinski definition) is 3. The molecule has 8 heteroatoms. The lowest BCUT2D eigenvalue weighted by Crippen LogP contribution is -2.44. The maximum atomic E-state index is 13.2. The first-order valence-corrected chi connectivity index (χ1v) is 7.67. The lowest BCUT2D eigenvalue weighted by Gasteiger charge is -2.19. The van der Waals surface area contributed by atoms with E-state index in [4.69, 9.17) is 4.74 Å². The summed E-state index contributed by atoms with van der Waals surface area (Å²) in [6, 6.07) is 7.68. The molecule has 2 atom stereocenters. The van der Waals surface area contributed by atoms with Gasteiger partial charge in [0.2, 0.25) is 11.8 Å². The Morgan fingerprint density at radius 1 is 1.36 bits per heavy atom. The van der Waals surface area contributed by atoms with Crippen molar-refractivity contribution in [3.8, 4) is 5.88 Å². The standard InChI is InChI=1S/C17H17FN4O3/c1-25-14-6-5-10(8-19-14)13-9-20-16(23)15(13)22-17(24)21-12-4-2-3-11(18)7-12/h2-8,13,15H,9H2,1H3,(H,20,23)(H2,21,22,24)/t13-,15-/m0/s1. The average molecular weight is 344 g/mol. The van der Waals surface area contributed by atoms with Crippen molar-refractivity contribution < 1.29 is 18.7 Å². The van der Waals surface area contributed by atoms with Crippen LogP contribution in [0, 0.1) is 5.82 Å². The van der Waals surface area contributed by atoms with Crippen LogP contribution in [0.1, 0.15) is 11.5 Å². The monoisotopic (exact) mass is 344 g/mol. The second-order valence-corrected chi connectivity index (χ2v) is 5.57. The van der Waals surface area contributed by atoms with Gasteiger partial charge in [0.05, 0.1) is 7.11 Å². The highest BCUT2D eigenvalue weighted by molar-refractivity contribution is 5.95. The van der Waals surface area contributed by atoms with Crippen molar-refractivity contribution in [3.05, 3.63) is 54.0 Å². The van der Waals surface area contributed by atoms with E-state index in [2.05, 4.69) is 20.9 Å². The molecule has 2 heterocycles. The molecule has 0 saturated carbocycles. The summed E-state index contributed by atoms with van der Waals surface area (Å²) in [6.07, 6.45) is 1.61. The van der Waals surface area contributed by atoms with Crippen LogP contribution in [0.3, 0.4) is 0 Å². The maximum absolute atomic E-state index is 13.2. The molecule has 0 bridgehead atoms. The van der Waals surface area contributed by atoms with Crippen LogP contribution in [0.5, 0.6) is 5.88 Å². The molecule has 0 aliphatic carbocycles. The SMILES string of the molecule is COc1ccc([C@@H]2CNC(=O)[C@H]2NC(=O)Nc2cccc(F)c2)cn1. The van der Waals surface area contributed by atoms with Crippen molar-refractivity contribution in [2.45, 2.75) is 12.0 Å². The fourth-order valence-corrected chi connectivity index (χ4v) is 2.70. The van der Waals surface area contributed by atoms with Crippen molar-refractivity contribution in [3.63, 3.8) is 0 Å². The maximum Gasteiger partial charge on any atom is 0.319 e. The van der Waals surface area contributed by atoms with Crippen LogP contribution >= 0.6 is 0 Å². The molecule has 1 aromatic heterocycles. The van der Waals surface area contributed by atoms with E-state index in [0.717, 1.165) is 5.56 Å². The fourth-order valence-electron chi connectivity index (χ4n) is 2.70. The molecule has 0 radical (unpaired) electrons. The van der Waals surface area contributed by atoms with Crippen molar-refractivity contribution in [2.24, 2.45) is 0 Å². The number of carbonyl (C=O) groups is 2. The molecule has 1 aliphatic heterocycles. The molecule has 2 aromatic rings. The molecular formula is C17H17FN4O3. The van der Waals surface area contributed by atoms with Gasteiger partial charge in [0.1, 0.15) is 11.9 Å². The zero-order valence-electron chi connectivity index (χ0n) is 13.5. The minimum Gasteiger partial charge on any atom is -0.481 e. The second-order valence-electron chi connectivity index (χ2n) is 5.57. The van der Waals surface area contributed by atoms with Crippen LogP contribution in [0.15, 0.2) is 42.6 Å². The lowest BCUT2D eigenvalue weighted by atomic mass is 9.95. The number of pyridine rings is 1. The van der Waals surface area contributed by atoms with Crippen LogP contribution < -0.4 is 20.7 Å². The number of anilines is 1. The summed E-state index contributed by atoms with van der Waals surface area (Å²) in [6.45, 7) is 0.387. The smallest absolute Gasteiger partial charge is 0.319 e. The van der Waals surface area contributed by atoms with Gasteiger partial charge in [-0.25, -0.2) is 14.2 Å². The van der Waals surface area contributed by atoms with Crippen LogP contribution in [0.2, 0.25) is 0 Å². The summed E-state index contributed by atoms with van der Waals surface area (Å²) in [5.41, 5.74) is 1.11. The van der Waals surface area contributed by atoms with Crippen LogP contribution in [0.25, 0.3) is 0 Å². The van der Waals surface area contributed by atoms with Crippen LogP contribution in [-0.2, 0) is 4.79 Å². The Hall–Kier alpha value is -3.16. The highest BCUT2D eigenvalue weighted by Gasteiger charge is 2.37. The summed E-state index contributed by atoms with van der Waals surface area (Å²) in [5.74, 6) is -0.535. The Morgan fingerprint density at radius 2 is 2.20 bits per heavy atom. The molecule has 3 amide bonds. The summed E-state index contributed by atoms with van der Waals surface area (Å²) in [7, 11) is 1.52. The van der Waals surface area contributed by atoms with Gasteiger partial charge < -0.3 is 20.7 Å². The minimum absolute atomic E-state index is 0.260. The third-order valence-corrected chi connectivity index (χ3v) is 3.95. The topological polar surface area (TPSA) is 92.4 Å². The van der Waals surface area contributed by atoms with Crippen LogP contribution in [-0.4, -0.2) is 36.6 Å². The first-order chi connectivity index (χ1) is 12.1. The van der Waals surface area contributed by atoms with E-state index >= 15 is 0 Å². The molecule has 1 aromatic carbocycles. The first kappa shape index (κ1) is 16.7. The second kappa shape index (κ2) is 7.16. The summed E-state index contributed by atoms with van der Waals surface area (Å²) in [5, 5.41) is 7.87. The number of rotatable bonds is 4. The summed E-state index contributed by atoms with van der Waals surface area (Å²) >= 11 is 0. The largest absolute Gasteiger partial charge is 0.481 e. The molecular weight excluding hydrogens is 327 g/mol. The molecule has 1 fully saturated rings. The number of hydrogen-bond acceptors (Lipinski definition) is 4. The van der Waals surface area contributed by atoms with E-state index in [9.17, 15) is 14.0 Å². The number of benzene rings is 1. The normalized spacial score (nSPS) is 19.2. The predicted octanol–water partition coefficient (Wildman–Crippen LogP) is 1.63. The number of urea groups is 1. The van der Waals surface area contributed by atoms with Gasteiger partial charge in [-0.05, 0) is 23.8 Å². The van der Waals surface area contributed by atoms with Crippen molar-refractivity contribution in [2.75, 3.05) is 19.0 Å². The molecule has 3 N–H and O–H groups in total. The number of amides is 3. The van der Waals surface area contributed by atoms with Crippen molar-refractivity contribution in [1.82, 2.24) is 15.6 Å². The zero-order chi connectivity index (χ0) is 17.8. The van der Waals surface area contributed by atoms with E-state index in [1.54, 1.807) is 24.4 Å². The van der Waals surface area contributed by atoms with E-state index in [1.165, 1.54) is 25.3 Å². The predicted molar refractivity (Wildman–Crippen MR) is 88.9 cm³/mol. The number of methoxy groups -OCH3 is 1. The third-order valence-electron chi connectivity index (χ3n) is 3.95. The number of nitrogens with zero attached hydrogens (tertiary/aromatic N) is 1. The van der Waals surface area contributed by atoms with Gasteiger partial charge in [0, 0.05) is 30.4 Å². The van der Waals surface area contributed by atoms with Gasteiger partial charge in [0.15, 0.2) is 0 Å². The van der Waals surface area contributed by atoms with E-state index in [-0.39, 0.29) is 11.8 Å². The number of ether oxygens (including phenoxy) is 1.